The van der Waals surface area contributed by atoms with Crippen LogP contribution in [-0.2, 0) is 0 Å². The number of hydrogen-bond donors (Lipinski definition) is 2. The molecule has 1 aliphatic carbocycles. The van der Waals surface area contributed by atoms with Crippen LogP contribution in [0.4, 0.5) is 5.69 Å². The van der Waals surface area contributed by atoms with E-state index in [2.05, 4.69) is 35.1 Å². The minimum Gasteiger partial charge on any atom is -0.389 e. The molecule has 3 N–H and O–H groups in total. The van der Waals surface area contributed by atoms with E-state index in [4.69, 9.17) is 18.0 Å². The molecule has 0 bridgehead atoms. The van der Waals surface area contributed by atoms with Gasteiger partial charge in [0.15, 0.2) is 0 Å². The molecule has 92 valence electrons. The lowest BCUT2D eigenvalue weighted by Crippen LogP contribution is -2.15. The fourth-order valence-electron chi connectivity index (χ4n) is 2.08. The van der Waals surface area contributed by atoms with Crippen molar-refractivity contribution in [3.05, 3.63) is 28.2 Å². The molecule has 2 rings (SSSR count). The lowest BCUT2D eigenvalue weighted by molar-refractivity contribution is 0.573. The second-order valence-corrected chi connectivity index (χ2v) is 6.59. The third-order valence-corrected chi connectivity index (χ3v) is 4.38. The van der Waals surface area contributed by atoms with Crippen molar-refractivity contribution in [3.8, 4) is 0 Å². The Labute approximate surface area is 116 Å². The molecule has 0 heterocycles. The minimum atomic E-state index is 0.426. The average Bonchev–Trinajstić information content (AvgIpc) is 2.83. The molecule has 0 aliphatic heterocycles. The highest BCUT2D eigenvalue weighted by Crippen LogP contribution is 2.51. The largest absolute Gasteiger partial charge is 0.389 e. The van der Waals surface area contributed by atoms with E-state index in [9.17, 15) is 0 Å². The quantitative estimate of drug-likeness (QED) is 0.835. The van der Waals surface area contributed by atoms with E-state index in [1.165, 1.54) is 6.42 Å². The molecule has 17 heavy (non-hydrogen) atoms. The van der Waals surface area contributed by atoms with E-state index >= 15 is 0 Å². The molecule has 1 unspecified atom stereocenters. The molecule has 1 saturated carbocycles. The molecule has 1 fully saturated rings. The van der Waals surface area contributed by atoms with Crippen LogP contribution in [-0.4, -0.2) is 11.5 Å². The van der Waals surface area contributed by atoms with Gasteiger partial charge in [-0.15, -0.1) is 0 Å². The Hall–Kier alpha value is -0.610. The zero-order valence-corrected chi connectivity index (χ0v) is 12.5. The first-order valence-electron chi connectivity index (χ1n) is 5.74. The number of nitrogens with two attached hydrogens (primary N) is 1. The first-order chi connectivity index (χ1) is 7.92. The number of rotatable bonds is 4. The fourth-order valence-corrected chi connectivity index (χ4v) is 3.01. The topological polar surface area (TPSA) is 38.0 Å². The van der Waals surface area contributed by atoms with Gasteiger partial charge in [0.2, 0.25) is 0 Å². The summed E-state index contributed by atoms with van der Waals surface area (Å²) in [6.07, 6.45) is 1.29. The number of anilines is 1. The van der Waals surface area contributed by atoms with Gasteiger partial charge in [-0.1, -0.05) is 32.1 Å². The molecule has 2 nitrogen and oxygen atoms in total. The lowest BCUT2D eigenvalue weighted by Gasteiger charge is -2.13. The molecule has 1 aromatic carbocycles. The number of benzene rings is 1. The van der Waals surface area contributed by atoms with Crippen molar-refractivity contribution in [2.24, 2.45) is 17.1 Å². The number of halogens is 1. The molecule has 0 radical (unpaired) electrons. The molecule has 0 saturated heterocycles. The van der Waals surface area contributed by atoms with Gasteiger partial charge < -0.3 is 11.1 Å². The Morgan fingerprint density at radius 1 is 1.59 bits per heavy atom. The van der Waals surface area contributed by atoms with Crippen molar-refractivity contribution in [2.75, 3.05) is 11.9 Å². The monoisotopic (exact) mass is 312 g/mol. The summed E-state index contributed by atoms with van der Waals surface area (Å²) in [5, 5.41) is 3.46. The van der Waals surface area contributed by atoms with E-state index < -0.39 is 0 Å². The Morgan fingerprint density at radius 3 is 2.76 bits per heavy atom. The third-order valence-electron chi connectivity index (χ3n) is 3.52. The maximum atomic E-state index is 5.75. The first kappa shape index (κ1) is 12.8. The van der Waals surface area contributed by atoms with Gasteiger partial charge in [0.25, 0.3) is 0 Å². The molecule has 0 amide bonds. The Bertz CT molecular complexity index is 457. The second kappa shape index (κ2) is 4.58. The Kier molecular flexibility index (Phi) is 3.46. The van der Waals surface area contributed by atoms with Gasteiger partial charge in [0.1, 0.15) is 4.99 Å². The molecule has 4 heteroatoms. The normalized spacial score (nSPS) is 21.0. The van der Waals surface area contributed by atoms with Crippen LogP contribution in [0.3, 0.4) is 0 Å². The average molecular weight is 313 g/mol. The summed E-state index contributed by atoms with van der Waals surface area (Å²) < 4.78 is 0.949. The summed E-state index contributed by atoms with van der Waals surface area (Å²) in [6, 6.07) is 5.97. The number of hydrogen-bond acceptors (Lipinski definition) is 2. The van der Waals surface area contributed by atoms with Gasteiger partial charge in [-0.2, -0.15) is 0 Å². The van der Waals surface area contributed by atoms with Gasteiger partial charge in [0, 0.05) is 22.3 Å². The van der Waals surface area contributed by atoms with E-state index in [-0.39, 0.29) is 0 Å². The fraction of sp³-hybridized carbons (Fsp3) is 0.462. The Balaban J connectivity index is 2.10. The van der Waals surface area contributed by atoms with Gasteiger partial charge in [-0.05, 0) is 45.8 Å². The summed E-state index contributed by atoms with van der Waals surface area (Å²) in [7, 11) is 0. The van der Waals surface area contributed by atoms with Crippen molar-refractivity contribution in [2.45, 2.75) is 20.3 Å². The van der Waals surface area contributed by atoms with Gasteiger partial charge in [0.05, 0.1) is 0 Å². The van der Waals surface area contributed by atoms with Crippen LogP contribution in [0.1, 0.15) is 25.8 Å². The van der Waals surface area contributed by atoms with Crippen LogP contribution in [0, 0.1) is 11.3 Å². The summed E-state index contributed by atoms with van der Waals surface area (Å²) in [5.74, 6) is 0.751. The van der Waals surface area contributed by atoms with Crippen molar-refractivity contribution >= 4 is 38.8 Å². The second-order valence-electron chi connectivity index (χ2n) is 5.30. The standard InChI is InChI=1S/C13H17BrN2S/c1-13(2)6-8(13)7-16-10-5-3-4-9(14)11(10)12(15)17/h3-5,8,16H,6-7H2,1-2H3,(H2,15,17). The molecule has 1 aliphatic rings. The smallest absolute Gasteiger partial charge is 0.107 e. The van der Waals surface area contributed by atoms with Crippen molar-refractivity contribution < 1.29 is 0 Å². The molecule has 1 atom stereocenters. The van der Waals surface area contributed by atoms with Crippen LogP contribution < -0.4 is 11.1 Å². The highest BCUT2D eigenvalue weighted by Gasteiger charge is 2.44. The lowest BCUT2D eigenvalue weighted by atomic mass is 10.1. The van der Waals surface area contributed by atoms with Gasteiger partial charge in [-0.3, -0.25) is 0 Å². The van der Waals surface area contributed by atoms with Crippen molar-refractivity contribution in [3.63, 3.8) is 0 Å². The summed E-state index contributed by atoms with van der Waals surface area (Å²) >= 11 is 8.57. The predicted octanol–water partition coefficient (Wildman–Crippen LogP) is 3.54. The molecule has 0 aromatic heterocycles. The summed E-state index contributed by atoms with van der Waals surface area (Å²) in [4.78, 5) is 0.426. The number of thiocarbonyl (C=S) groups is 1. The van der Waals surface area contributed by atoms with Gasteiger partial charge >= 0.3 is 0 Å². The SMILES string of the molecule is CC1(C)CC1CNc1cccc(Br)c1C(N)=S. The van der Waals surface area contributed by atoms with Crippen molar-refractivity contribution in [1.82, 2.24) is 0 Å². The number of nitrogens with one attached hydrogen (secondary N) is 1. The highest BCUT2D eigenvalue weighted by molar-refractivity contribution is 9.10. The summed E-state index contributed by atoms with van der Waals surface area (Å²) in [6.45, 7) is 5.59. The van der Waals surface area contributed by atoms with Gasteiger partial charge in [-0.25, -0.2) is 0 Å². The van der Waals surface area contributed by atoms with E-state index in [1.54, 1.807) is 0 Å². The van der Waals surface area contributed by atoms with Crippen LogP contribution in [0.15, 0.2) is 22.7 Å². The van der Waals surface area contributed by atoms with Crippen LogP contribution in [0.25, 0.3) is 0 Å². The van der Waals surface area contributed by atoms with Crippen LogP contribution in [0.2, 0.25) is 0 Å². The first-order valence-corrected chi connectivity index (χ1v) is 6.94. The molecule has 0 spiro atoms. The van der Waals surface area contributed by atoms with Crippen molar-refractivity contribution in [1.29, 1.82) is 0 Å². The third kappa shape index (κ3) is 2.80. The van der Waals surface area contributed by atoms with Crippen LogP contribution in [0.5, 0.6) is 0 Å². The van der Waals surface area contributed by atoms with Crippen LogP contribution >= 0.6 is 28.1 Å². The molecule has 1 aromatic rings. The maximum Gasteiger partial charge on any atom is 0.107 e. The minimum absolute atomic E-state index is 0.426. The molecular weight excluding hydrogens is 296 g/mol. The zero-order valence-electron chi connectivity index (χ0n) is 10.1. The predicted molar refractivity (Wildman–Crippen MR) is 80.4 cm³/mol. The van der Waals surface area contributed by atoms with E-state index in [0.717, 1.165) is 28.2 Å². The van der Waals surface area contributed by atoms with E-state index in [1.807, 2.05) is 18.2 Å². The van der Waals surface area contributed by atoms with E-state index in [0.29, 0.717) is 10.4 Å². The highest BCUT2D eigenvalue weighted by atomic mass is 79.9. The Morgan fingerprint density at radius 2 is 2.24 bits per heavy atom. The maximum absolute atomic E-state index is 5.75. The molecular formula is C13H17BrN2S. The summed E-state index contributed by atoms with van der Waals surface area (Å²) in [5.41, 5.74) is 8.17. The zero-order chi connectivity index (χ0) is 12.6.